The monoisotopic (exact) mass is 729 g/mol. The molecule has 6 atom stereocenters. The van der Waals surface area contributed by atoms with E-state index >= 15 is 4.79 Å². The molecular weight excluding hydrogens is 645 g/mol. The molecule has 0 bridgehead atoms. The molecule has 0 aromatic heterocycles. The third-order valence-electron chi connectivity index (χ3n) is 12.4. The molecule has 53 heavy (non-hydrogen) atoms. The maximum atomic E-state index is 15.4. The summed E-state index contributed by atoms with van der Waals surface area (Å²) in [5, 5.41) is 12.3. The van der Waals surface area contributed by atoms with Gasteiger partial charge in [-0.3, -0.25) is 4.79 Å². The number of allylic oxidation sites excluding steroid dienone is 1. The van der Waals surface area contributed by atoms with Gasteiger partial charge in [0.05, 0.1) is 0 Å². The van der Waals surface area contributed by atoms with Crippen LogP contribution in [0.5, 0.6) is 0 Å². The molecule has 0 saturated heterocycles. The van der Waals surface area contributed by atoms with E-state index in [2.05, 4.69) is 107 Å². The van der Waals surface area contributed by atoms with Crippen molar-refractivity contribution < 1.29 is 9.90 Å². The predicted molar refractivity (Wildman–Crippen MR) is 235 cm³/mol. The fourth-order valence-corrected chi connectivity index (χ4v) is 8.68. The van der Waals surface area contributed by atoms with Crippen LogP contribution in [0.4, 0.5) is 0 Å². The van der Waals surface area contributed by atoms with Gasteiger partial charge in [0.25, 0.3) is 0 Å². The fraction of sp³-hybridized carbons (Fsp3) is 0.706. The summed E-state index contributed by atoms with van der Waals surface area (Å²) in [5.41, 5.74) is 9.60. The number of benzene rings is 2. The molecule has 2 aromatic carbocycles. The first-order valence-corrected chi connectivity index (χ1v) is 22.7. The molecular formula is C51H84O2. The lowest BCUT2D eigenvalue weighted by Gasteiger charge is -2.32. The molecule has 0 fully saturated rings. The standard InChI is InChI=1S/C51H84O2/c1-13-19-25-36(7)42-31-32-44(37(8)26-20-14-2)43(33-42)34-47(52)51(53)50-48(40(11)29-23-17-5)45(38(9)27-21-15-3)35-46(39(10)28-22-16-4)49(50)41(12)30-24-18-6/h31-41,52H,13-30H2,1-12H3. The van der Waals surface area contributed by atoms with Gasteiger partial charge in [-0.2, -0.15) is 0 Å². The van der Waals surface area contributed by atoms with E-state index in [4.69, 9.17) is 0 Å². The van der Waals surface area contributed by atoms with E-state index in [0.717, 1.165) is 81.8 Å². The smallest absolute Gasteiger partial charge is 0.227 e. The minimum atomic E-state index is -0.160. The fourth-order valence-electron chi connectivity index (χ4n) is 8.68. The molecule has 1 N–H and O–H groups in total. The topological polar surface area (TPSA) is 37.3 Å². The zero-order valence-corrected chi connectivity index (χ0v) is 36.9. The van der Waals surface area contributed by atoms with Crippen molar-refractivity contribution in [3.63, 3.8) is 0 Å². The molecule has 0 aliphatic carbocycles. The van der Waals surface area contributed by atoms with E-state index in [9.17, 15) is 5.11 Å². The number of unbranched alkanes of at least 4 members (excludes halogenated alkanes) is 6. The van der Waals surface area contributed by atoms with Crippen LogP contribution in [-0.4, -0.2) is 10.9 Å². The number of aliphatic hydroxyl groups is 1. The molecule has 2 aromatic rings. The van der Waals surface area contributed by atoms with Gasteiger partial charge in [-0.1, -0.05) is 184 Å². The summed E-state index contributed by atoms with van der Waals surface area (Å²) in [7, 11) is 0. The summed E-state index contributed by atoms with van der Waals surface area (Å²) in [5.74, 6) is 1.73. The SMILES string of the molecule is CCCCC(C)c1ccc(C(C)CCCC)c(C=C(O)C(=O)c2c(C(C)CCCC)c(C(C)CCCC)cc(C(C)CCCC)c2C(C)CCCC)c1. The second kappa shape index (κ2) is 24.9. The lowest BCUT2D eigenvalue weighted by atomic mass is 9.72. The van der Waals surface area contributed by atoms with Crippen molar-refractivity contribution in [2.75, 3.05) is 0 Å². The van der Waals surface area contributed by atoms with Gasteiger partial charge in [0.2, 0.25) is 5.78 Å². The lowest BCUT2D eigenvalue weighted by molar-refractivity contribution is 0.0977. The van der Waals surface area contributed by atoms with Crippen LogP contribution < -0.4 is 0 Å². The second-order valence-corrected chi connectivity index (χ2v) is 17.3. The first-order chi connectivity index (χ1) is 25.4. The van der Waals surface area contributed by atoms with E-state index in [1.54, 1.807) is 0 Å². The van der Waals surface area contributed by atoms with Crippen LogP contribution >= 0.6 is 0 Å². The van der Waals surface area contributed by atoms with Gasteiger partial charge in [0, 0.05) is 5.56 Å². The highest BCUT2D eigenvalue weighted by Gasteiger charge is 2.32. The van der Waals surface area contributed by atoms with Crippen molar-refractivity contribution in [1.82, 2.24) is 0 Å². The average Bonchev–Trinajstić information content (AvgIpc) is 3.16. The van der Waals surface area contributed by atoms with Crippen LogP contribution in [0.25, 0.3) is 6.08 Å². The van der Waals surface area contributed by atoms with Gasteiger partial charge in [0.1, 0.15) is 0 Å². The first kappa shape index (κ1) is 46.8. The van der Waals surface area contributed by atoms with Crippen molar-refractivity contribution >= 4 is 11.9 Å². The molecule has 0 heterocycles. The molecule has 6 unspecified atom stereocenters. The van der Waals surface area contributed by atoms with Crippen molar-refractivity contribution in [2.24, 2.45) is 0 Å². The maximum absolute atomic E-state index is 15.4. The summed E-state index contributed by atoms with van der Waals surface area (Å²) in [6.07, 6.45) is 22.4. The number of ketones is 1. The Kier molecular flexibility index (Phi) is 22.0. The number of hydrogen-bond acceptors (Lipinski definition) is 2. The third kappa shape index (κ3) is 13.7. The number of carbonyl (C=O) groups is 1. The molecule has 0 amide bonds. The summed E-state index contributed by atoms with van der Waals surface area (Å²) in [6, 6.07) is 9.45. The van der Waals surface area contributed by atoms with Gasteiger partial charge in [0.15, 0.2) is 5.76 Å². The molecule has 2 nitrogen and oxygen atoms in total. The Labute approximate surface area is 329 Å². The van der Waals surface area contributed by atoms with E-state index in [1.807, 2.05) is 6.08 Å². The Morgan fingerprint density at radius 1 is 0.509 bits per heavy atom. The van der Waals surface area contributed by atoms with Crippen LogP contribution in [0.1, 0.15) is 283 Å². The van der Waals surface area contributed by atoms with Crippen LogP contribution in [0.15, 0.2) is 30.0 Å². The predicted octanol–water partition coefficient (Wildman–Crippen LogP) is 17.2. The lowest BCUT2D eigenvalue weighted by Crippen LogP contribution is -2.20. The van der Waals surface area contributed by atoms with Gasteiger partial charge in [-0.15, -0.1) is 0 Å². The zero-order chi connectivity index (χ0) is 39.5. The van der Waals surface area contributed by atoms with Crippen LogP contribution in [0, 0.1) is 0 Å². The Balaban J connectivity index is 3.07. The van der Waals surface area contributed by atoms with Crippen LogP contribution in [0.2, 0.25) is 0 Å². The Hall–Kier alpha value is -2.35. The zero-order valence-electron chi connectivity index (χ0n) is 36.9. The molecule has 0 spiro atoms. The number of Topliss-reactive ketones (excluding diaryl/α,β-unsaturated/α-hetero) is 1. The molecule has 0 aliphatic rings. The summed E-state index contributed by atoms with van der Waals surface area (Å²) in [6.45, 7) is 27.7. The quantitative estimate of drug-likeness (QED) is 0.0565. The average molecular weight is 729 g/mol. The minimum absolute atomic E-state index is 0.0919. The molecule has 0 radical (unpaired) electrons. The maximum Gasteiger partial charge on any atom is 0.227 e. The molecule has 0 saturated carbocycles. The second-order valence-electron chi connectivity index (χ2n) is 17.3. The van der Waals surface area contributed by atoms with E-state index in [1.165, 1.54) is 78.3 Å². The number of hydrogen-bond donors (Lipinski definition) is 1. The highest BCUT2D eigenvalue weighted by molar-refractivity contribution is 6.12. The summed E-state index contributed by atoms with van der Waals surface area (Å²) in [4.78, 5) is 15.4. The largest absolute Gasteiger partial charge is 0.504 e. The molecule has 2 heteroatoms. The highest BCUT2D eigenvalue weighted by atomic mass is 16.3. The summed E-state index contributed by atoms with van der Waals surface area (Å²) < 4.78 is 0. The van der Waals surface area contributed by atoms with Gasteiger partial charge in [-0.25, -0.2) is 0 Å². The van der Waals surface area contributed by atoms with E-state index in [0.29, 0.717) is 23.7 Å². The van der Waals surface area contributed by atoms with E-state index < -0.39 is 0 Å². The molecule has 300 valence electrons. The van der Waals surface area contributed by atoms with E-state index in [-0.39, 0.29) is 23.4 Å². The summed E-state index contributed by atoms with van der Waals surface area (Å²) >= 11 is 0. The van der Waals surface area contributed by atoms with Gasteiger partial charge < -0.3 is 5.11 Å². The number of rotatable bonds is 27. The normalized spacial score (nSPS) is 15.6. The molecule has 0 aliphatic heterocycles. The number of aliphatic hydroxyl groups excluding tert-OH is 1. The van der Waals surface area contributed by atoms with Crippen molar-refractivity contribution in [3.8, 4) is 0 Å². The van der Waals surface area contributed by atoms with Gasteiger partial charge in [-0.05, 0) is 119 Å². The Bertz CT molecular complexity index is 1330. The van der Waals surface area contributed by atoms with Crippen LogP contribution in [0.3, 0.4) is 0 Å². The van der Waals surface area contributed by atoms with Gasteiger partial charge >= 0.3 is 0 Å². The molecule has 2 rings (SSSR count). The number of carbonyl (C=O) groups excluding carboxylic acids is 1. The Morgan fingerprint density at radius 3 is 1.26 bits per heavy atom. The van der Waals surface area contributed by atoms with Crippen LogP contribution in [-0.2, 0) is 0 Å². The van der Waals surface area contributed by atoms with Crippen molar-refractivity contribution in [1.29, 1.82) is 0 Å². The first-order valence-electron chi connectivity index (χ1n) is 22.7. The minimum Gasteiger partial charge on any atom is -0.504 e. The Morgan fingerprint density at radius 2 is 0.868 bits per heavy atom. The van der Waals surface area contributed by atoms with Crippen molar-refractivity contribution in [2.45, 2.75) is 234 Å². The third-order valence-corrected chi connectivity index (χ3v) is 12.4. The van der Waals surface area contributed by atoms with Crippen molar-refractivity contribution in [3.05, 3.63) is 74.5 Å². The highest BCUT2D eigenvalue weighted by Crippen LogP contribution is 2.45.